The first kappa shape index (κ1) is 15.5. The number of amides is 1. The third kappa shape index (κ3) is 2.76. The van der Waals surface area contributed by atoms with Crippen molar-refractivity contribution in [2.45, 2.75) is 18.9 Å². The number of fused-ring (bicyclic) bond motifs is 1. The molecule has 26 heavy (non-hydrogen) atoms. The second kappa shape index (κ2) is 6.21. The van der Waals surface area contributed by atoms with E-state index in [9.17, 15) is 4.79 Å². The fourth-order valence-corrected chi connectivity index (χ4v) is 3.56. The summed E-state index contributed by atoms with van der Waals surface area (Å²) in [5, 5.41) is 0. The molecule has 1 amide bonds. The Morgan fingerprint density at radius 3 is 2.81 bits per heavy atom. The number of hydrogen-bond acceptors (Lipinski definition) is 4. The summed E-state index contributed by atoms with van der Waals surface area (Å²) in [7, 11) is 0. The van der Waals surface area contributed by atoms with Gasteiger partial charge in [0.1, 0.15) is 11.8 Å². The van der Waals surface area contributed by atoms with Crippen LogP contribution in [-0.2, 0) is 9.53 Å². The van der Waals surface area contributed by atoms with Crippen molar-refractivity contribution in [1.29, 1.82) is 0 Å². The van der Waals surface area contributed by atoms with Gasteiger partial charge in [0.05, 0.1) is 24.5 Å². The first-order valence-corrected chi connectivity index (χ1v) is 9.08. The van der Waals surface area contributed by atoms with Crippen molar-refractivity contribution in [2.24, 2.45) is 5.92 Å². The minimum Gasteiger partial charge on any atom is -0.368 e. The van der Waals surface area contributed by atoms with Gasteiger partial charge in [0.15, 0.2) is 0 Å². The summed E-state index contributed by atoms with van der Waals surface area (Å²) in [5.74, 6) is 0.521. The molecule has 5 rings (SSSR count). The average Bonchev–Trinajstić information content (AvgIpc) is 3.46. The molecule has 6 nitrogen and oxygen atoms in total. The zero-order valence-electron chi connectivity index (χ0n) is 14.4. The van der Waals surface area contributed by atoms with Crippen LogP contribution in [0.1, 0.15) is 24.6 Å². The lowest BCUT2D eigenvalue weighted by atomic mass is 10.2. The van der Waals surface area contributed by atoms with Gasteiger partial charge >= 0.3 is 0 Å². The number of nitrogens with zero attached hydrogens (tertiary/aromatic N) is 4. The van der Waals surface area contributed by atoms with E-state index in [-0.39, 0.29) is 17.9 Å². The highest BCUT2D eigenvalue weighted by Crippen LogP contribution is 2.33. The molecule has 2 aliphatic rings. The van der Waals surface area contributed by atoms with Gasteiger partial charge in [-0.15, -0.1) is 0 Å². The fraction of sp³-hybridized carbons (Fsp3) is 0.350. The summed E-state index contributed by atoms with van der Waals surface area (Å²) in [4.78, 5) is 23.2. The second-order valence-electron chi connectivity index (χ2n) is 6.96. The van der Waals surface area contributed by atoms with Gasteiger partial charge in [0, 0.05) is 36.6 Å². The summed E-state index contributed by atoms with van der Waals surface area (Å²) in [6.07, 6.45) is 7.50. The molecule has 2 fully saturated rings. The largest absolute Gasteiger partial charge is 0.368 e. The van der Waals surface area contributed by atoms with E-state index in [1.807, 2.05) is 35.4 Å². The second-order valence-corrected chi connectivity index (χ2v) is 6.96. The smallest absolute Gasteiger partial charge is 0.225 e. The Morgan fingerprint density at radius 1 is 1.15 bits per heavy atom. The normalized spacial score (nSPS) is 20.5. The molecule has 3 aromatic rings. The van der Waals surface area contributed by atoms with Gasteiger partial charge in [0.2, 0.25) is 5.91 Å². The number of ether oxygens (including phenoxy) is 1. The predicted octanol–water partition coefficient (Wildman–Crippen LogP) is 2.71. The molecule has 1 atom stereocenters. The van der Waals surface area contributed by atoms with Crippen molar-refractivity contribution in [3.8, 4) is 11.3 Å². The van der Waals surface area contributed by atoms with Crippen molar-refractivity contribution in [1.82, 2.24) is 19.3 Å². The maximum atomic E-state index is 12.4. The summed E-state index contributed by atoms with van der Waals surface area (Å²) in [6.45, 7) is 1.83. The molecule has 0 spiro atoms. The van der Waals surface area contributed by atoms with Crippen molar-refractivity contribution < 1.29 is 9.53 Å². The third-order valence-corrected chi connectivity index (χ3v) is 5.12. The first-order valence-electron chi connectivity index (χ1n) is 9.08. The molecular formula is C20H20N4O2. The van der Waals surface area contributed by atoms with E-state index in [4.69, 9.17) is 9.72 Å². The number of carbonyl (C=O) groups is 1. The van der Waals surface area contributed by atoms with Crippen LogP contribution in [0.5, 0.6) is 0 Å². The van der Waals surface area contributed by atoms with Crippen LogP contribution in [0.15, 0.2) is 48.9 Å². The van der Waals surface area contributed by atoms with Crippen molar-refractivity contribution in [3.05, 3.63) is 54.6 Å². The molecule has 0 unspecified atom stereocenters. The van der Waals surface area contributed by atoms with E-state index < -0.39 is 0 Å². The fourth-order valence-electron chi connectivity index (χ4n) is 3.56. The molecule has 132 valence electrons. The molecule has 1 saturated carbocycles. The Bertz CT molecular complexity index is 949. The van der Waals surface area contributed by atoms with E-state index in [1.165, 1.54) is 0 Å². The highest BCUT2D eigenvalue weighted by molar-refractivity contribution is 5.81. The average molecular weight is 348 g/mol. The van der Waals surface area contributed by atoms with Crippen molar-refractivity contribution in [2.75, 3.05) is 19.7 Å². The van der Waals surface area contributed by atoms with E-state index in [0.717, 1.165) is 35.4 Å². The van der Waals surface area contributed by atoms with Crippen molar-refractivity contribution in [3.63, 3.8) is 0 Å². The van der Waals surface area contributed by atoms with Gasteiger partial charge in [-0.1, -0.05) is 6.07 Å². The van der Waals surface area contributed by atoms with Crippen LogP contribution in [0.2, 0.25) is 0 Å². The summed E-state index contributed by atoms with van der Waals surface area (Å²) in [5.41, 5.74) is 3.90. The maximum Gasteiger partial charge on any atom is 0.225 e. The third-order valence-electron chi connectivity index (χ3n) is 5.12. The predicted molar refractivity (Wildman–Crippen MR) is 96.4 cm³/mol. The lowest BCUT2D eigenvalue weighted by Crippen LogP contribution is -2.43. The lowest BCUT2D eigenvalue weighted by Gasteiger charge is -2.32. The molecule has 0 radical (unpaired) electrons. The number of hydrogen-bond donors (Lipinski definition) is 0. The Morgan fingerprint density at radius 2 is 2.00 bits per heavy atom. The lowest BCUT2D eigenvalue weighted by molar-refractivity contribution is -0.140. The molecule has 3 aromatic heterocycles. The molecule has 0 aromatic carbocycles. The minimum absolute atomic E-state index is 0.170. The monoisotopic (exact) mass is 348 g/mol. The van der Waals surface area contributed by atoms with Gasteiger partial charge in [-0.2, -0.15) is 0 Å². The van der Waals surface area contributed by atoms with Gasteiger partial charge in [-0.05, 0) is 37.1 Å². The van der Waals surface area contributed by atoms with Gasteiger partial charge < -0.3 is 9.64 Å². The Labute approximate surface area is 151 Å². The van der Waals surface area contributed by atoms with Gasteiger partial charge in [-0.3, -0.25) is 14.2 Å². The van der Waals surface area contributed by atoms with Gasteiger partial charge in [-0.25, -0.2) is 4.98 Å². The minimum atomic E-state index is -0.170. The van der Waals surface area contributed by atoms with E-state index in [1.54, 1.807) is 12.4 Å². The van der Waals surface area contributed by atoms with Crippen LogP contribution in [-0.4, -0.2) is 44.9 Å². The van der Waals surface area contributed by atoms with Crippen LogP contribution in [0.4, 0.5) is 0 Å². The van der Waals surface area contributed by atoms with E-state index >= 15 is 0 Å². The van der Waals surface area contributed by atoms with E-state index in [2.05, 4.69) is 15.5 Å². The number of morpholine rings is 1. The molecule has 6 heteroatoms. The van der Waals surface area contributed by atoms with Gasteiger partial charge in [0.25, 0.3) is 0 Å². The van der Waals surface area contributed by atoms with Crippen LogP contribution in [0.25, 0.3) is 16.9 Å². The zero-order chi connectivity index (χ0) is 17.5. The van der Waals surface area contributed by atoms with Crippen LogP contribution >= 0.6 is 0 Å². The summed E-state index contributed by atoms with van der Waals surface area (Å²) in [6, 6.07) is 10.0. The molecule has 1 saturated heterocycles. The number of carbonyl (C=O) groups excluding carboxylic acids is 1. The van der Waals surface area contributed by atoms with Crippen LogP contribution in [0, 0.1) is 5.92 Å². The topological polar surface area (TPSA) is 59.7 Å². The van der Waals surface area contributed by atoms with E-state index in [0.29, 0.717) is 19.7 Å². The number of aromatic nitrogens is 3. The SMILES string of the molecule is O=C(C1CC1)N1CCO[C@H](c2cn3c(-c4ccncc4)cccc3n2)C1. The quantitative estimate of drug-likeness (QED) is 0.730. The summed E-state index contributed by atoms with van der Waals surface area (Å²) >= 11 is 0. The maximum absolute atomic E-state index is 12.4. The Hall–Kier alpha value is -2.73. The standard InChI is InChI=1S/C20H20N4O2/c25-20(15-4-5-15)23-10-11-26-18(13-23)16-12-24-17(2-1-3-19(24)22-16)14-6-8-21-9-7-14/h1-3,6-9,12,15,18H,4-5,10-11,13H2/t18-/m0/s1. The zero-order valence-corrected chi connectivity index (χ0v) is 14.4. The molecular weight excluding hydrogens is 328 g/mol. The molecule has 0 N–H and O–H groups in total. The first-order chi connectivity index (χ1) is 12.8. The number of rotatable bonds is 3. The molecule has 0 bridgehead atoms. The number of pyridine rings is 2. The Kier molecular flexibility index (Phi) is 3.71. The molecule has 1 aliphatic carbocycles. The number of imidazole rings is 1. The summed E-state index contributed by atoms with van der Waals surface area (Å²) < 4.78 is 8.02. The molecule has 4 heterocycles. The van der Waals surface area contributed by atoms with Crippen LogP contribution in [0.3, 0.4) is 0 Å². The van der Waals surface area contributed by atoms with Crippen LogP contribution < -0.4 is 0 Å². The Balaban J connectivity index is 1.47. The highest BCUT2D eigenvalue weighted by atomic mass is 16.5. The molecule has 1 aliphatic heterocycles. The highest BCUT2D eigenvalue weighted by Gasteiger charge is 2.36. The van der Waals surface area contributed by atoms with Crippen molar-refractivity contribution >= 4 is 11.6 Å².